The number of anilines is 1. The molecule has 0 saturated heterocycles. The van der Waals surface area contributed by atoms with Crippen molar-refractivity contribution >= 4 is 11.6 Å². The molecule has 0 aliphatic carbocycles. The van der Waals surface area contributed by atoms with Crippen molar-refractivity contribution in [3.8, 4) is 0 Å². The van der Waals surface area contributed by atoms with Gasteiger partial charge in [0.2, 0.25) is 0 Å². The van der Waals surface area contributed by atoms with Gasteiger partial charge >= 0.3 is 18.0 Å². The molecule has 152 valence electrons. The maximum atomic E-state index is 14.3. The number of aryl methyl sites for hydroxylation is 2. The average molecular weight is 407 g/mol. The topological polar surface area (TPSA) is 20.3 Å². The maximum absolute atomic E-state index is 14.3. The summed E-state index contributed by atoms with van der Waals surface area (Å²) in [5.74, 6) is -0.516. The summed E-state index contributed by atoms with van der Waals surface area (Å²) in [4.78, 5) is 13.6. The molecule has 0 aliphatic rings. The van der Waals surface area contributed by atoms with Crippen LogP contribution < -0.4 is 4.90 Å². The fourth-order valence-corrected chi connectivity index (χ4v) is 3.05. The molecule has 28 heavy (non-hydrogen) atoms. The van der Waals surface area contributed by atoms with E-state index in [9.17, 15) is 35.5 Å². The molecule has 1 amide bonds. The van der Waals surface area contributed by atoms with Gasteiger partial charge in [-0.2, -0.15) is 26.3 Å². The van der Waals surface area contributed by atoms with E-state index >= 15 is 0 Å². The van der Waals surface area contributed by atoms with Gasteiger partial charge in [-0.05, 0) is 37.1 Å². The summed E-state index contributed by atoms with van der Waals surface area (Å²) in [7, 11) is 1.33. The third kappa shape index (κ3) is 3.57. The van der Waals surface area contributed by atoms with E-state index < -0.39 is 29.5 Å². The first-order valence-corrected chi connectivity index (χ1v) is 7.99. The highest BCUT2D eigenvalue weighted by molar-refractivity contribution is 6.06. The smallest absolute Gasteiger partial charge is 0.311 e. The van der Waals surface area contributed by atoms with E-state index in [0.717, 1.165) is 4.90 Å². The molecule has 0 bridgehead atoms. The van der Waals surface area contributed by atoms with Crippen LogP contribution in [0.5, 0.6) is 0 Å². The van der Waals surface area contributed by atoms with Gasteiger partial charge in [-0.25, -0.2) is 4.39 Å². The van der Waals surface area contributed by atoms with Gasteiger partial charge in [-0.15, -0.1) is 0 Å². The second-order valence-electron chi connectivity index (χ2n) is 6.34. The van der Waals surface area contributed by atoms with Gasteiger partial charge in [-0.3, -0.25) is 4.79 Å². The van der Waals surface area contributed by atoms with Gasteiger partial charge < -0.3 is 4.90 Å². The number of carbonyl (C=O) groups is 1. The molecule has 0 heterocycles. The molecule has 0 unspecified atom stereocenters. The first-order chi connectivity index (χ1) is 12.7. The summed E-state index contributed by atoms with van der Waals surface area (Å²) < 4.78 is 92.3. The van der Waals surface area contributed by atoms with Crippen molar-refractivity contribution in [1.82, 2.24) is 0 Å². The Kier molecular flexibility index (Phi) is 5.51. The summed E-state index contributed by atoms with van der Waals surface area (Å²) in [5, 5.41) is 0. The SMILES string of the molecule is Cc1cc(C(F)(C(F)(F)F)C(F)(F)F)cc(C)c1N(C)C(=O)c1ccccc1. The predicted molar refractivity (Wildman–Crippen MR) is 90.0 cm³/mol. The Morgan fingerprint density at radius 2 is 1.25 bits per heavy atom. The minimum atomic E-state index is -6.20. The molecule has 9 heteroatoms. The highest BCUT2D eigenvalue weighted by Crippen LogP contribution is 2.53. The first-order valence-electron chi connectivity index (χ1n) is 7.99. The summed E-state index contributed by atoms with van der Waals surface area (Å²) >= 11 is 0. The van der Waals surface area contributed by atoms with E-state index in [-0.39, 0.29) is 22.4 Å². The molecule has 2 nitrogen and oxygen atoms in total. The van der Waals surface area contributed by atoms with Crippen LogP contribution in [-0.4, -0.2) is 25.3 Å². The molecule has 2 aromatic rings. The fraction of sp³-hybridized carbons (Fsp3) is 0.316. The minimum absolute atomic E-state index is 0.0997. The van der Waals surface area contributed by atoms with Gasteiger partial charge in [0.05, 0.1) is 0 Å². The third-order valence-corrected chi connectivity index (χ3v) is 4.33. The van der Waals surface area contributed by atoms with Crippen molar-refractivity contribution in [3.63, 3.8) is 0 Å². The Bertz CT molecular complexity index is 835. The number of benzene rings is 2. The standard InChI is InChI=1S/C19H16F7NO/c1-11-9-14(17(20,18(21,22)23)19(24,25)26)10-12(2)15(11)27(3)16(28)13-7-5-4-6-8-13/h4-10H,1-3H3. The van der Waals surface area contributed by atoms with Crippen LogP contribution in [0.15, 0.2) is 42.5 Å². The molecular weight excluding hydrogens is 391 g/mol. The Morgan fingerprint density at radius 3 is 1.64 bits per heavy atom. The van der Waals surface area contributed by atoms with Crippen LogP contribution in [0.1, 0.15) is 27.0 Å². The van der Waals surface area contributed by atoms with Crippen molar-refractivity contribution in [2.75, 3.05) is 11.9 Å². The summed E-state index contributed by atoms with van der Waals surface area (Å²) in [6.07, 6.45) is -12.4. The molecule has 0 atom stereocenters. The first kappa shape index (κ1) is 21.7. The number of carbonyl (C=O) groups excluding carboxylic acids is 1. The number of rotatable bonds is 3. The highest BCUT2D eigenvalue weighted by atomic mass is 19.4. The number of hydrogen-bond acceptors (Lipinski definition) is 1. The lowest BCUT2D eigenvalue weighted by molar-refractivity contribution is -0.348. The Hall–Kier alpha value is -2.58. The zero-order chi connectivity index (χ0) is 21.5. The predicted octanol–water partition coefficient (Wildman–Crippen LogP) is 5.87. The van der Waals surface area contributed by atoms with E-state index in [4.69, 9.17) is 0 Å². The molecule has 0 radical (unpaired) electrons. The van der Waals surface area contributed by atoms with Crippen molar-refractivity contribution < 1.29 is 35.5 Å². The van der Waals surface area contributed by atoms with Crippen LogP contribution in [-0.2, 0) is 5.67 Å². The molecule has 0 aliphatic heterocycles. The fourth-order valence-electron chi connectivity index (χ4n) is 3.05. The van der Waals surface area contributed by atoms with Crippen molar-refractivity contribution in [2.24, 2.45) is 0 Å². The maximum Gasteiger partial charge on any atom is 0.435 e. The summed E-state index contributed by atoms with van der Waals surface area (Å²) in [5.41, 5.74) is -6.92. The van der Waals surface area contributed by atoms with Crippen LogP contribution in [0.3, 0.4) is 0 Å². The van der Waals surface area contributed by atoms with Gasteiger partial charge in [0.25, 0.3) is 5.91 Å². The Balaban J connectivity index is 2.58. The molecule has 0 spiro atoms. The van der Waals surface area contributed by atoms with Crippen LogP contribution in [0.2, 0.25) is 0 Å². The van der Waals surface area contributed by atoms with E-state index in [0.29, 0.717) is 12.1 Å². The van der Waals surface area contributed by atoms with Gasteiger partial charge in [0, 0.05) is 23.9 Å². The average Bonchev–Trinajstić information content (AvgIpc) is 2.58. The minimum Gasteiger partial charge on any atom is -0.311 e. The molecule has 0 N–H and O–H groups in total. The number of alkyl halides is 7. The number of nitrogens with zero attached hydrogens (tertiary/aromatic N) is 1. The zero-order valence-electron chi connectivity index (χ0n) is 15.0. The molecule has 0 aromatic heterocycles. The van der Waals surface area contributed by atoms with Gasteiger partial charge in [0.1, 0.15) is 0 Å². The van der Waals surface area contributed by atoms with E-state index in [1.54, 1.807) is 18.2 Å². The normalized spacial score (nSPS) is 12.8. The highest BCUT2D eigenvalue weighted by Gasteiger charge is 2.73. The monoisotopic (exact) mass is 407 g/mol. The number of hydrogen-bond donors (Lipinski definition) is 0. The largest absolute Gasteiger partial charge is 0.435 e. The number of halogens is 7. The van der Waals surface area contributed by atoms with Crippen molar-refractivity contribution in [1.29, 1.82) is 0 Å². The lowest BCUT2D eigenvalue weighted by Gasteiger charge is -2.32. The molecular formula is C19H16F7NO. The van der Waals surface area contributed by atoms with E-state index in [1.165, 1.54) is 33.0 Å². The number of amides is 1. The van der Waals surface area contributed by atoms with Gasteiger partial charge in [0.15, 0.2) is 0 Å². The zero-order valence-corrected chi connectivity index (χ0v) is 15.0. The molecule has 2 rings (SSSR count). The van der Waals surface area contributed by atoms with E-state index in [2.05, 4.69) is 0 Å². The third-order valence-electron chi connectivity index (χ3n) is 4.33. The van der Waals surface area contributed by atoms with Crippen LogP contribution >= 0.6 is 0 Å². The van der Waals surface area contributed by atoms with Crippen molar-refractivity contribution in [3.05, 3.63) is 64.7 Å². The Labute approximate surface area is 156 Å². The van der Waals surface area contributed by atoms with E-state index in [1.807, 2.05) is 0 Å². The van der Waals surface area contributed by atoms with Gasteiger partial charge in [-0.1, -0.05) is 30.3 Å². The lowest BCUT2D eigenvalue weighted by Crippen LogP contribution is -2.50. The van der Waals surface area contributed by atoms with Crippen LogP contribution in [0.4, 0.5) is 36.4 Å². The van der Waals surface area contributed by atoms with Crippen molar-refractivity contribution in [2.45, 2.75) is 31.9 Å². The lowest BCUT2D eigenvalue weighted by atomic mass is 9.90. The second kappa shape index (κ2) is 7.10. The van der Waals surface area contributed by atoms with Crippen LogP contribution in [0, 0.1) is 13.8 Å². The molecule has 0 fully saturated rings. The Morgan fingerprint density at radius 1 is 0.821 bits per heavy atom. The summed E-state index contributed by atoms with van der Waals surface area (Å²) in [6.45, 7) is 2.43. The summed E-state index contributed by atoms with van der Waals surface area (Å²) in [6, 6.07) is 8.85. The van der Waals surface area contributed by atoms with Crippen LogP contribution in [0.25, 0.3) is 0 Å². The second-order valence-corrected chi connectivity index (χ2v) is 6.34. The molecule has 0 saturated carbocycles. The molecule has 2 aromatic carbocycles. The quantitative estimate of drug-likeness (QED) is 0.583.